The van der Waals surface area contributed by atoms with Crippen molar-refractivity contribution < 1.29 is 37.1 Å². The van der Waals surface area contributed by atoms with E-state index in [4.69, 9.17) is 9.47 Å². The molecule has 11 heteroatoms. The third kappa shape index (κ3) is 3.11. The molecule has 0 saturated carbocycles. The molecule has 2 fully saturated rings. The Bertz CT molecular complexity index is 1290. The van der Waals surface area contributed by atoms with E-state index >= 15 is 0 Å². The number of nitrogens with zero attached hydrogens (tertiary/aromatic N) is 2. The highest BCUT2D eigenvalue weighted by Gasteiger charge is 2.42. The Labute approximate surface area is 187 Å². The minimum absolute atomic E-state index is 0.00440. The molecule has 4 amide bonds. The maximum Gasteiger partial charge on any atom is 0.261 e. The normalized spacial score (nSPS) is 23.3. The van der Waals surface area contributed by atoms with Crippen LogP contribution < -0.4 is 0 Å². The number of fused-ring (bicyclic) bond motifs is 2. The molecule has 4 aliphatic heterocycles. The van der Waals surface area contributed by atoms with Crippen molar-refractivity contribution in [2.45, 2.75) is 22.0 Å². The summed E-state index contributed by atoms with van der Waals surface area (Å²) in [5, 5.41) is 0. The van der Waals surface area contributed by atoms with Gasteiger partial charge in [-0.1, -0.05) is 0 Å². The first-order valence-electron chi connectivity index (χ1n) is 10.2. The molecule has 0 bridgehead atoms. The van der Waals surface area contributed by atoms with Crippen molar-refractivity contribution in [1.82, 2.24) is 9.80 Å². The first-order chi connectivity index (χ1) is 15.8. The number of ether oxygens (including phenoxy) is 2. The second-order valence-corrected chi connectivity index (χ2v) is 10.2. The summed E-state index contributed by atoms with van der Waals surface area (Å²) in [6.07, 6.45) is -0.374. The van der Waals surface area contributed by atoms with Crippen LogP contribution in [0.3, 0.4) is 0 Å². The zero-order chi connectivity index (χ0) is 23.1. The van der Waals surface area contributed by atoms with E-state index < -0.39 is 33.5 Å². The fourth-order valence-corrected chi connectivity index (χ4v) is 5.41. The zero-order valence-corrected chi connectivity index (χ0v) is 17.8. The van der Waals surface area contributed by atoms with Gasteiger partial charge in [-0.3, -0.25) is 29.0 Å². The van der Waals surface area contributed by atoms with Crippen molar-refractivity contribution in [2.75, 3.05) is 26.3 Å². The highest BCUT2D eigenvalue weighted by molar-refractivity contribution is 7.91. The summed E-state index contributed by atoms with van der Waals surface area (Å²) in [5.74, 6) is -2.13. The SMILES string of the molecule is O=C1c2ccc(S(=O)(=O)c3ccc4c(c3)C(=O)N(CC3CO3)C4=O)cc2C(=O)N1CC1CO1. The summed E-state index contributed by atoms with van der Waals surface area (Å²) in [4.78, 5) is 52.2. The van der Waals surface area contributed by atoms with Crippen LogP contribution in [0.4, 0.5) is 0 Å². The lowest BCUT2D eigenvalue weighted by atomic mass is 10.1. The molecule has 2 aromatic rings. The van der Waals surface area contributed by atoms with Gasteiger partial charge in [0.25, 0.3) is 23.6 Å². The number of carbonyl (C=O) groups is 4. The average molecular weight is 468 g/mol. The van der Waals surface area contributed by atoms with Crippen molar-refractivity contribution in [3.63, 3.8) is 0 Å². The quantitative estimate of drug-likeness (QED) is 0.442. The molecule has 2 saturated heterocycles. The highest BCUT2D eigenvalue weighted by atomic mass is 32.2. The fourth-order valence-electron chi connectivity index (χ4n) is 4.10. The van der Waals surface area contributed by atoms with Gasteiger partial charge in [0.05, 0.1) is 70.6 Å². The van der Waals surface area contributed by atoms with Crippen LogP contribution in [0.25, 0.3) is 0 Å². The van der Waals surface area contributed by atoms with Crippen molar-refractivity contribution in [1.29, 1.82) is 0 Å². The number of rotatable bonds is 6. The topological polar surface area (TPSA) is 134 Å². The molecule has 33 heavy (non-hydrogen) atoms. The van der Waals surface area contributed by atoms with E-state index in [0.717, 1.165) is 9.80 Å². The molecule has 0 radical (unpaired) electrons. The van der Waals surface area contributed by atoms with E-state index in [1.165, 1.54) is 36.4 Å². The maximum absolute atomic E-state index is 13.3. The Kier molecular flexibility index (Phi) is 4.16. The molecule has 10 nitrogen and oxygen atoms in total. The molecule has 0 aromatic heterocycles. The van der Waals surface area contributed by atoms with Crippen LogP contribution in [-0.4, -0.2) is 80.4 Å². The minimum atomic E-state index is -4.13. The fraction of sp³-hybridized carbons (Fsp3) is 0.273. The number of carbonyl (C=O) groups excluding carboxylic acids is 4. The average Bonchev–Trinajstić information content (AvgIpc) is 3.73. The lowest BCUT2D eigenvalue weighted by Crippen LogP contribution is -2.33. The number of epoxide rings is 2. The maximum atomic E-state index is 13.3. The molecule has 0 spiro atoms. The molecule has 2 atom stereocenters. The predicted molar refractivity (Wildman–Crippen MR) is 109 cm³/mol. The lowest BCUT2D eigenvalue weighted by Gasteiger charge is -2.11. The molecule has 6 rings (SSSR count). The van der Waals surface area contributed by atoms with E-state index in [9.17, 15) is 27.6 Å². The van der Waals surface area contributed by atoms with Crippen molar-refractivity contribution in [3.05, 3.63) is 58.7 Å². The molecule has 0 N–H and O–H groups in total. The molecule has 2 unspecified atom stereocenters. The van der Waals surface area contributed by atoms with Gasteiger partial charge in [-0.25, -0.2) is 8.42 Å². The van der Waals surface area contributed by atoms with Crippen LogP contribution in [0, 0.1) is 0 Å². The minimum Gasteiger partial charge on any atom is -0.371 e. The zero-order valence-electron chi connectivity index (χ0n) is 17.0. The summed E-state index contributed by atoms with van der Waals surface area (Å²) in [7, 11) is -4.13. The number of hydrogen-bond acceptors (Lipinski definition) is 8. The molecule has 4 aliphatic rings. The Balaban J connectivity index is 1.33. The van der Waals surface area contributed by atoms with Gasteiger partial charge in [0.15, 0.2) is 0 Å². The van der Waals surface area contributed by atoms with Gasteiger partial charge < -0.3 is 9.47 Å². The van der Waals surface area contributed by atoms with Gasteiger partial charge in [-0.05, 0) is 36.4 Å². The summed E-state index contributed by atoms with van der Waals surface area (Å²) in [5.41, 5.74) is 0.272. The van der Waals surface area contributed by atoms with Crippen molar-refractivity contribution >= 4 is 33.5 Å². The highest BCUT2D eigenvalue weighted by Crippen LogP contribution is 2.32. The Morgan fingerprint density at radius 3 is 1.39 bits per heavy atom. The largest absolute Gasteiger partial charge is 0.371 e. The first kappa shape index (κ1) is 20.2. The molecule has 168 valence electrons. The van der Waals surface area contributed by atoms with Gasteiger partial charge in [-0.15, -0.1) is 0 Å². The monoisotopic (exact) mass is 468 g/mol. The number of sulfone groups is 1. The van der Waals surface area contributed by atoms with E-state index in [-0.39, 0.29) is 57.3 Å². The predicted octanol–water partition coefficient (Wildman–Crippen LogP) is 0.509. The van der Waals surface area contributed by atoms with E-state index in [0.29, 0.717) is 13.2 Å². The van der Waals surface area contributed by atoms with Gasteiger partial charge >= 0.3 is 0 Å². The smallest absolute Gasteiger partial charge is 0.261 e. The number of benzene rings is 2. The molecule has 2 aromatic carbocycles. The van der Waals surface area contributed by atoms with Crippen molar-refractivity contribution in [2.24, 2.45) is 0 Å². The Morgan fingerprint density at radius 2 is 1.03 bits per heavy atom. The van der Waals surface area contributed by atoms with Crippen LogP contribution in [0.5, 0.6) is 0 Å². The summed E-state index contributed by atoms with van der Waals surface area (Å²) in [6.45, 7) is 1.19. The summed E-state index contributed by atoms with van der Waals surface area (Å²) < 4.78 is 36.7. The van der Waals surface area contributed by atoms with Gasteiger partial charge in [0.2, 0.25) is 9.84 Å². The van der Waals surface area contributed by atoms with Gasteiger partial charge in [-0.2, -0.15) is 0 Å². The molecular weight excluding hydrogens is 452 g/mol. The number of amides is 4. The number of imide groups is 2. The molecular formula is C22H16N2O8S. The summed E-state index contributed by atoms with van der Waals surface area (Å²) in [6, 6.07) is 7.50. The van der Waals surface area contributed by atoms with Crippen LogP contribution >= 0.6 is 0 Å². The van der Waals surface area contributed by atoms with Crippen molar-refractivity contribution in [3.8, 4) is 0 Å². The Hall–Kier alpha value is -3.41. The van der Waals surface area contributed by atoms with Crippen LogP contribution in [0.15, 0.2) is 46.2 Å². The van der Waals surface area contributed by atoms with E-state index in [1.807, 2.05) is 0 Å². The second kappa shape index (κ2) is 6.80. The Morgan fingerprint density at radius 1 is 0.667 bits per heavy atom. The third-order valence-corrected chi connectivity index (χ3v) is 7.83. The first-order valence-corrected chi connectivity index (χ1v) is 11.7. The van der Waals surface area contributed by atoms with Gasteiger partial charge in [0.1, 0.15) is 0 Å². The summed E-state index contributed by atoms with van der Waals surface area (Å²) >= 11 is 0. The lowest BCUT2D eigenvalue weighted by molar-refractivity contribution is 0.0628. The van der Waals surface area contributed by atoms with E-state index in [2.05, 4.69) is 0 Å². The van der Waals surface area contributed by atoms with Crippen LogP contribution in [0.1, 0.15) is 41.4 Å². The standard InChI is InChI=1S/C22H16N2O8S/c25-19-15-3-1-13(5-17(15)21(27)23(19)7-11-9-31-11)33(29,30)14-2-4-16-18(6-14)22(28)24(20(16)26)8-12-10-32-12/h1-6,11-12H,7-10H2. The second-order valence-electron chi connectivity index (χ2n) is 8.27. The third-order valence-electron chi connectivity index (χ3n) is 6.08. The van der Waals surface area contributed by atoms with Crippen LogP contribution in [-0.2, 0) is 19.3 Å². The number of hydrogen-bond donors (Lipinski definition) is 0. The van der Waals surface area contributed by atoms with E-state index in [1.54, 1.807) is 0 Å². The molecule has 4 heterocycles. The molecule has 0 aliphatic carbocycles. The van der Waals surface area contributed by atoms with Crippen LogP contribution in [0.2, 0.25) is 0 Å². The van der Waals surface area contributed by atoms with Gasteiger partial charge in [0, 0.05) is 0 Å².